The summed E-state index contributed by atoms with van der Waals surface area (Å²) in [5.74, 6) is 0.806. The maximum atomic E-state index is 10.7. The molecule has 3 rings (SSSR count). The van der Waals surface area contributed by atoms with Crippen LogP contribution in [-0.4, -0.2) is 22.8 Å². The molecule has 2 aromatic heterocycles. The first-order valence-electron chi connectivity index (χ1n) is 5.23. The Bertz CT molecular complexity index is 716. The molecule has 17 heavy (non-hydrogen) atoms. The number of benzene rings is 1. The van der Waals surface area contributed by atoms with Crippen molar-refractivity contribution in [3.05, 3.63) is 42.4 Å². The predicted molar refractivity (Wildman–Crippen MR) is 64.6 cm³/mol. The van der Waals surface area contributed by atoms with Crippen LogP contribution in [0.4, 0.5) is 0 Å². The number of carbonyl (C=O) groups is 1. The normalized spacial score (nSPS) is 10.9. The van der Waals surface area contributed by atoms with E-state index in [2.05, 4.69) is 4.98 Å². The molecule has 0 fully saturated rings. The zero-order valence-corrected chi connectivity index (χ0v) is 9.25. The Hall–Kier alpha value is -2.36. The minimum Gasteiger partial charge on any atom is -0.496 e. The zero-order valence-electron chi connectivity index (χ0n) is 9.25. The van der Waals surface area contributed by atoms with Gasteiger partial charge in [0.1, 0.15) is 17.1 Å². The van der Waals surface area contributed by atoms with Crippen LogP contribution in [0.3, 0.4) is 0 Å². The van der Waals surface area contributed by atoms with E-state index in [0.717, 1.165) is 28.5 Å². The van der Waals surface area contributed by atoms with Gasteiger partial charge in [0.05, 0.1) is 7.11 Å². The number of fused-ring (bicyclic) bond motifs is 3. The number of hydrogen-bond acceptors (Lipinski definition) is 3. The number of aromatic nitrogens is 2. The van der Waals surface area contributed by atoms with Crippen LogP contribution in [-0.2, 0) is 0 Å². The molecular weight excluding hydrogens is 216 g/mol. The number of nitrogens with zero attached hydrogens (tertiary/aromatic N) is 2. The van der Waals surface area contributed by atoms with Gasteiger partial charge in [0.2, 0.25) is 0 Å². The first kappa shape index (κ1) is 9.84. The molecule has 4 heteroatoms. The molecule has 4 nitrogen and oxygen atoms in total. The van der Waals surface area contributed by atoms with E-state index in [4.69, 9.17) is 4.74 Å². The summed E-state index contributed by atoms with van der Waals surface area (Å²) in [5.41, 5.74) is 1.20. The van der Waals surface area contributed by atoms with Gasteiger partial charge in [-0.1, -0.05) is 12.1 Å². The van der Waals surface area contributed by atoms with Crippen LogP contribution >= 0.6 is 0 Å². The van der Waals surface area contributed by atoms with Crippen LogP contribution < -0.4 is 4.74 Å². The molecule has 0 N–H and O–H groups in total. The van der Waals surface area contributed by atoms with E-state index < -0.39 is 0 Å². The molecule has 0 aliphatic heterocycles. The Morgan fingerprint density at radius 3 is 2.94 bits per heavy atom. The lowest BCUT2D eigenvalue weighted by molar-refractivity contribution is 0.111. The summed E-state index contributed by atoms with van der Waals surface area (Å²) < 4.78 is 7.14. The van der Waals surface area contributed by atoms with Gasteiger partial charge in [0.25, 0.3) is 0 Å². The molecule has 0 amide bonds. The summed E-state index contributed by atoms with van der Waals surface area (Å²) >= 11 is 0. The molecule has 1 aromatic carbocycles. The highest BCUT2D eigenvalue weighted by atomic mass is 16.5. The Morgan fingerprint density at radius 2 is 2.18 bits per heavy atom. The third-order valence-corrected chi connectivity index (χ3v) is 2.80. The fourth-order valence-corrected chi connectivity index (χ4v) is 2.03. The average Bonchev–Trinajstić information content (AvgIpc) is 2.81. The summed E-state index contributed by atoms with van der Waals surface area (Å²) in [6.07, 6.45) is 4.33. The Labute approximate surface area is 97.5 Å². The van der Waals surface area contributed by atoms with E-state index in [9.17, 15) is 4.79 Å². The van der Waals surface area contributed by atoms with Crippen molar-refractivity contribution >= 4 is 22.7 Å². The minimum atomic E-state index is 0.431. The number of aldehydes is 1. The molecule has 3 aromatic rings. The summed E-state index contributed by atoms with van der Waals surface area (Å²) in [6.45, 7) is 0. The van der Waals surface area contributed by atoms with Crippen LogP contribution in [0, 0.1) is 0 Å². The molecule has 0 aliphatic carbocycles. The van der Waals surface area contributed by atoms with Crippen molar-refractivity contribution in [3.63, 3.8) is 0 Å². The Morgan fingerprint density at radius 1 is 1.29 bits per heavy atom. The predicted octanol–water partition coefficient (Wildman–Crippen LogP) is 2.31. The van der Waals surface area contributed by atoms with E-state index in [1.807, 2.05) is 34.9 Å². The Balaban J connectivity index is 2.46. The summed E-state index contributed by atoms with van der Waals surface area (Å²) in [7, 11) is 1.64. The number of pyridine rings is 1. The van der Waals surface area contributed by atoms with Gasteiger partial charge in [-0.2, -0.15) is 0 Å². The molecule has 0 radical (unpaired) electrons. The SMILES string of the molecule is COc1cccc2c1ccn1cc(C=O)nc21. The first-order valence-corrected chi connectivity index (χ1v) is 5.23. The number of imidazole rings is 1. The van der Waals surface area contributed by atoms with Gasteiger partial charge in [-0.05, 0) is 12.1 Å². The van der Waals surface area contributed by atoms with Crippen molar-refractivity contribution in [2.75, 3.05) is 7.11 Å². The summed E-state index contributed by atoms with van der Waals surface area (Å²) in [5, 5.41) is 1.96. The van der Waals surface area contributed by atoms with Gasteiger partial charge in [-0.3, -0.25) is 4.79 Å². The second-order valence-corrected chi connectivity index (χ2v) is 3.75. The number of hydrogen-bond donors (Lipinski definition) is 0. The second-order valence-electron chi connectivity index (χ2n) is 3.75. The lowest BCUT2D eigenvalue weighted by Crippen LogP contribution is -1.88. The van der Waals surface area contributed by atoms with Gasteiger partial charge in [0.15, 0.2) is 6.29 Å². The lowest BCUT2D eigenvalue weighted by Gasteiger charge is -2.05. The molecular formula is C13H10N2O2. The van der Waals surface area contributed by atoms with Gasteiger partial charge in [0, 0.05) is 23.2 Å². The van der Waals surface area contributed by atoms with Crippen LogP contribution in [0.2, 0.25) is 0 Å². The minimum absolute atomic E-state index is 0.431. The summed E-state index contributed by atoms with van der Waals surface area (Å²) in [6, 6.07) is 7.74. The molecule has 0 unspecified atom stereocenters. The molecule has 0 saturated heterocycles. The molecule has 84 valence electrons. The fraction of sp³-hybridized carbons (Fsp3) is 0.0769. The lowest BCUT2D eigenvalue weighted by atomic mass is 10.1. The highest BCUT2D eigenvalue weighted by Gasteiger charge is 2.07. The standard InChI is InChI=1S/C13H10N2O2/c1-17-12-4-2-3-11-10(12)5-6-15-7-9(8-16)14-13(11)15/h2-8H,1H3. The maximum Gasteiger partial charge on any atom is 0.170 e. The van der Waals surface area contributed by atoms with Crippen molar-refractivity contribution < 1.29 is 9.53 Å². The molecule has 0 atom stereocenters. The van der Waals surface area contributed by atoms with Crippen molar-refractivity contribution in [3.8, 4) is 5.75 Å². The monoisotopic (exact) mass is 226 g/mol. The van der Waals surface area contributed by atoms with Crippen molar-refractivity contribution in [2.45, 2.75) is 0 Å². The van der Waals surface area contributed by atoms with Gasteiger partial charge in [-0.15, -0.1) is 0 Å². The van der Waals surface area contributed by atoms with Crippen LogP contribution in [0.1, 0.15) is 10.5 Å². The van der Waals surface area contributed by atoms with E-state index >= 15 is 0 Å². The first-order chi connectivity index (χ1) is 8.33. The van der Waals surface area contributed by atoms with Crippen LogP contribution in [0.25, 0.3) is 16.4 Å². The van der Waals surface area contributed by atoms with Gasteiger partial charge >= 0.3 is 0 Å². The van der Waals surface area contributed by atoms with E-state index in [1.165, 1.54) is 0 Å². The number of methoxy groups -OCH3 is 1. The maximum absolute atomic E-state index is 10.7. The molecule has 0 saturated carbocycles. The topological polar surface area (TPSA) is 43.6 Å². The summed E-state index contributed by atoms with van der Waals surface area (Å²) in [4.78, 5) is 15.0. The molecule has 2 heterocycles. The van der Waals surface area contributed by atoms with E-state index in [-0.39, 0.29) is 0 Å². The van der Waals surface area contributed by atoms with Gasteiger partial charge < -0.3 is 9.14 Å². The smallest absolute Gasteiger partial charge is 0.170 e. The number of carbonyl (C=O) groups excluding carboxylic acids is 1. The number of ether oxygens (including phenoxy) is 1. The Kier molecular flexibility index (Phi) is 2.08. The van der Waals surface area contributed by atoms with Crippen molar-refractivity contribution in [1.29, 1.82) is 0 Å². The van der Waals surface area contributed by atoms with E-state index in [1.54, 1.807) is 13.3 Å². The van der Waals surface area contributed by atoms with Gasteiger partial charge in [-0.25, -0.2) is 4.98 Å². The van der Waals surface area contributed by atoms with Crippen molar-refractivity contribution in [1.82, 2.24) is 9.38 Å². The molecule has 0 aliphatic rings. The molecule has 0 bridgehead atoms. The zero-order chi connectivity index (χ0) is 11.8. The second kappa shape index (κ2) is 3.59. The third-order valence-electron chi connectivity index (χ3n) is 2.80. The fourth-order valence-electron chi connectivity index (χ4n) is 2.03. The number of rotatable bonds is 2. The quantitative estimate of drug-likeness (QED) is 0.630. The largest absolute Gasteiger partial charge is 0.496 e. The molecule has 0 spiro atoms. The van der Waals surface area contributed by atoms with Crippen LogP contribution in [0.15, 0.2) is 36.7 Å². The van der Waals surface area contributed by atoms with E-state index in [0.29, 0.717) is 5.69 Å². The highest BCUT2D eigenvalue weighted by Crippen LogP contribution is 2.27. The highest BCUT2D eigenvalue weighted by molar-refractivity contribution is 5.98. The third kappa shape index (κ3) is 1.38. The van der Waals surface area contributed by atoms with Crippen molar-refractivity contribution in [2.24, 2.45) is 0 Å². The average molecular weight is 226 g/mol. The van der Waals surface area contributed by atoms with Crippen LogP contribution in [0.5, 0.6) is 5.75 Å².